The largest absolute Gasteiger partial charge is 0.326 e. The molecule has 0 saturated carbocycles. The van der Waals surface area contributed by atoms with E-state index in [0.29, 0.717) is 28.6 Å². The summed E-state index contributed by atoms with van der Waals surface area (Å²) in [6.45, 7) is 13.4. The first-order valence-corrected chi connectivity index (χ1v) is 12.9. The molecule has 9 heteroatoms. The molecule has 194 valence electrons. The van der Waals surface area contributed by atoms with Crippen molar-refractivity contribution in [3.05, 3.63) is 59.2 Å². The molecule has 0 atom stereocenters. The first-order valence-electron chi connectivity index (χ1n) is 12.9. The number of imidazole rings is 1. The number of nitrogens with one attached hydrogen (secondary N) is 1. The van der Waals surface area contributed by atoms with Crippen LogP contribution in [0.15, 0.2) is 30.5 Å². The maximum absolute atomic E-state index is 15.0. The highest BCUT2D eigenvalue weighted by Gasteiger charge is 2.22. The first kappa shape index (κ1) is 25.2. The molecule has 0 bridgehead atoms. The number of pyridine rings is 1. The molecule has 0 unspecified atom stereocenters. The van der Waals surface area contributed by atoms with Crippen molar-refractivity contribution in [3.8, 4) is 11.3 Å². The topological polar surface area (TPSA) is 71.8 Å². The number of hydrogen-bond donors (Lipinski definition) is 1. The van der Waals surface area contributed by atoms with Gasteiger partial charge in [-0.2, -0.15) is 0 Å². The molecule has 1 aliphatic heterocycles. The van der Waals surface area contributed by atoms with E-state index in [1.165, 1.54) is 11.6 Å². The monoisotopic (exact) mass is 505 g/mol. The molecule has 0 amide bonds. The average molecular weight is 506 g/mol. The number of fused-ring (bicyclic) bond motifs is 1. The summed E-state index contributed by atoms with van der Waals surface area (Å²) in [5.74, 6) is 0.842. The Morgan fingerprint density at radius 3 is 2.46 bits per heavy atom. The molecule has 4 aromatic rings. The van der Waals surface area contributed by atoms with Gasteiger partial charge >= 0.3 is 0 Å². The van der Waals surface area contributed by atoms with Gasteiger partial charge in [0.2, 0.25) is 5.95 Å². The molecular formula is C28H33F2N7. The third-order valence-electron chi connectivity index (χ3n) is 7.30. The Morgan fingerprint density at radius 1 is 1.03 bits per heavy atom. The van der Waals surface area contributed by atoms with Crippen molar-refractivity contribution in [2.75, 3.05) is 25.0 Å². The molecule has 1 aliphatic rings. The van der Waals surface area contributed by atoms with Gasteiger partial charge in [0.1, 0.15) is 22.9 Å². The number of aromatic nitrogens is 5. The van der Waals surface area contributed by atoms with Gasteiger partial charge in [-0.3, -0.25) is 0 Å². The van der Waals surface area contributed by atoms with E-state index in [4.69, 9.17) is 4.98 Å². The van der Waals surface area contributed by atoms with E-state index in [0.717, 1.165) is 44.4 Å². The highest BCUT2D eigenvalue weighted by atomic mass is 19.1. The maximum Gasteiger partial charge on any atom is 0.229 e. The fourth-order valence-electron chi connectivity index (χ4n) is 5.43. The maximum atomic E-state index is 15.0. The number of hydrogen-bond acceptors (Lipinski definition) is 6. The van der Waals surface area contributed by atoms with Crippen LogP contribution in [0.3, 0.4) is 0 Å². The molecule has 5 rings (SSSR count). The van der Waals surface area contributed by atoms with Crippen LogP contribution in [0, 0.1) is 25.5 Å². The van der Waals surface area contributed by atoms with Crippen LogP contribution < -0.4 is 5.32 Å². The standard InChI is InChI=1S/C28H33F2N7/c1-6-36-11-9-19(10-12-36)21-7-8-25(32-17(21)4)34-28-31-15-23(30)26(35-28)20-13-22(29)27-24(14-20)37(16(2)3)18(5)33-27/h7-8,13-16,19H,6,9-12H2,1-5H3,(H,31,32,34,35). The van der Waals surface area contributed by atoms with Crippen LogP contribution >= 0.6 is 0 Å². The van der Waals surface area contributed by atoms with Crippen molar-refractivity contribution < 1.29 is 8.78 Å². The van der Waals surface area contributed by atoms with Gasteiger partial charge in [-0.1, -0.05) is 13.0 Å². The predicted molar refractivity (Wildman–Crippen MR) is 142 cm³/mol. The molecule has 1 aromatic carbocycles. The Kier molecular flexibility index (Phi) is 6.90. The Balaban J connectivity index is 1.42. The van der Waals surface area contributed by atoms with Gasteiger partial charge in [-0.15, -0.1) is 0 Å². The fourth-order valence-corrected chi connectivity index (χ4v) is 5.43. The summed E-state index contributed by atoms with van der Waals surface area (Å²) >= 11 is 0. The third kappa shape index (κ3) is 4.92. The molecule has 0 radical (unpaired) electrons. The van der Waals surface area contributed by atoms with Crippen molar-refractivity contribution >= 4 is 22.8 Å². The normalized spacial score (nSPS) is 15.1. The minimum atomic E-state index is -0.630. The number of likely N-dealkylation sites (tertiary alicyclic amines) is 1. The van der Waals surface area contributed by atoms with Gasteiger partial charge in [0.05, 0.1) is 11.7 Å². The Morgan fingerprint density at radius 2 is 1.78 bits per heavy atom. The summed E-state index contributed by atoms with van der Waals surface area (Å²) in [6, 6.07) is 7.10. The highest BCUT2D eigenvalue weighted by Crippen LogP contribution is 2.32. The molecule has 4 heterocycles. The summed E-state index contributed by atoms with van der Waals surface area (Å²) in [4.78, 5) is 20.0. The molecule has 3 aromatic heterocycles. The molecule has 1 N–H and O–H groups in total. The molecule has 7 nitrogen and oxygen atoms in total. The van der Waals surface area contributed by atoms with E-state index in [-0.39, 0.29) is 23.2 Å². The summed E-state index contributed by atoms with van der Waals surface area (Å²) in [5.41, 5.74) is 3.45. The van der Waals surface area contributed by atoms with Crippen LogP contribution in [0.1, 0.15) is 62.7 Å². The van der Waals surface area contributed by atoms with Crippen LogP contribution in [-0.4, -0.2) is 49.0 Å². The Labute approximate surface area is 216 Å². The summed E-state index contributed by atoms with van der Waals surface area (Å²) < 4.78 is 31.8. The van der Waals surface area contributed by atoms with Crippen molar-refractivity contribution in [3.63, 3.8) is 0 Å². The molecule has 1 fully saturated rings. The van der Waals surface area contributed by atoms with E-state index in [1.807, 2.05) is 38.3 Å². The molecular weight excluding hydrogens is 472 g/mol. The molecule has 1 saturated heterocycles. The third-order valence-corrected chi connectivity index (χ3v) is 7.30. The van der Waals surface area contributed by atoms with Gasteiger partial charge in [0, 0.05) is 17.3 Å². The van der Waals surface area contributed by atoms with E-state index >= 15 is 0 Å². The minimum absolute atomic E-state index is 0.0171. The van der Waals surface area contributed by atoms with Crippen molar-refractivity contribution in [2.24, 2.45) is 0 Å². The number of benzene rings is 1. The lowest BCUT2D eigenvalue weighted by molar-refractivity contribution is 0.222. The lowest BCUT2D eigenvalue weighted by atomic mass is 9.88. The van der Waals surface area contributed by atoms with E-state index in [1.54, 1.807) is 6.07 Å². The molecule has 0 aliphatic carbocycles. The zero-order valence-corrected chi connectivity index (χ0v) is 22.0. The summed E-state index contributed by atoms with van der Waals surface area (Å²) in [6.07, 6.45) is 3.36. The number of halogens is 2. The van der Waals surface area contributed by atoms with Gasteiger partial charge in [0.25, 0.3) is 0 Å². The van der Waals surface area contributed by atoms with Crippen molar-refractivity contribution in [2.45, 2.75) is 59.4 Å². The van der Waals surface area contributed by atoms with Gasteiger partial charge in [0.15, 0.2) is 11.6 Å². The zero-order valence-electron chi connectivity index (χ0n) is 22.0. The SMILES string of the molecule is CCN1CCC(c2ccc(Nc3ncc(F)c(-c4cc(F)c5nc(C)n(C(C)C)c5c4)n3)nc2C)CC1. The second-order valence-corrected chi connectivity index (χ2v) is 10.0. The lowest BCUT2D eigenvalue weighted by Gasteiger charge is -2.31. The number of aryl methyl sites for hydroxylation is 2. The van der Waals surface area contributed by atoms with Crippen LogP contribution in [-0.2, 0) is 0 Å². The van der Waals surface area contributed by atoms with E-state index < -0.39 is 11.6 Å². The van der Waals surface area contributed by atoms with Crippen LogP contribution in [0.5, 0.6) is 0 Å². The van der Waals surface area contributed by atoms with E-state index in [9.17, 15) is 8.78 Å². The second kappa shape index (κ2) is 10.1. The van der Waals surface area contributed by atoms with Crippen LogP contribution in [0.25, 0.3) is 22.3 Å². The highest BCUT2D eigenvalue weighted by molar-refractivity contribution is 5.83. The molecule has 0 spiro atoms. The predicted octanol–water partition coefficient (Wildman–Crippen LogP) is 6.31. The Bertz CT molecular complexity index is 1440. The second-order valence-electron chi connectivity index (χ2n) is 10.0. The Hall–Kier alpha value is -3.46. The van der Waals surface area contributed by atoms with Crippen molar-refractivity contribution in [1.82, 2.24) is 29.4 Å². The van der Waals surface area contributed by atoms with E-state index in [2.05, 4.69) is 38.2 Å². The lowest BCUT2D eigenvalue weighted by Crippen LogP contribution is -2.32. The first-order chi connectivity index (χ1) is 17.7. The quantitative estimate of drug-likeness (QED) is 0.331. The van der Waals surface area contributed by atoms with Crippen LogP contribution in [0.2, 0.25) is 0 Å². The number of rotatable bonds is 6. The van der Waals surface area contributed by atoms with Gasteiger partial charge in [-0.05, 0) is 89.9 Å². The fraction of sp³-hybridized carbons (Fsp3) is 0.429. The molecule has 37 heavy (non-hydrogen) atoms. The summed E-state index contributed by atoms with van der Waals surface area (Å²) in [5, 5.41) is 3.09. The number of piperidine rings is 1. The van der Waals surface area contributed by atoms with Gasteiger partial charge in [-0.25, -0.2) is 28.7 Å². The zero-order chi connectivity index (χ0) is 26.3. The summed E-state index contributed by atoms with van der Waals surface area (Å²) in [7, 11) is 0. The minimum Gasteiger partial charge on any atom is -0.326 e. The van der Waals surface area contributed by atoms with Gasteiger partial charge < -0.3 is 14.8 Å². The number of nitrogens with zero attached hydrogens (tertiary/aromatic N) is 6. The van der Waals surface area contributed by atoms with Crippen molar-refractivity contribution in [1.29, 1.82) is 0 Å². The number of anilines is 2. The smallest absolute Gasteiger partial charge is 0.229 e. The average Bonchev–Trinajstić information content (AvgIpc) is 3.22. The van der Waals surface area contributed by atoms with Crippen LogP contribution in [0.4, 0.5) is 20.5 Å².